The average Bonchev–Trinajstić information content (AvgIpc) is 3.20. The number of aliphatic hydroxyl groups is 1. The van der Waals surface area contributed by atoms with Crippen LogP contribution >= 0.6 is 0 Å². The first-order chi connectivity index (χ1) is 16.1. The van der Waals surface area contributed by atoms with Crippen LogP contribution < -0.4 is 5.73 Å². The lowest BCUT2D eigenvalue weighted by Gasteiger charge is -2.25. The zero-order valence-electron chi connectivity index (χ0n) is 18.8. The summed E-state index contributed by atoms with van der Waals surface area (Å²) in [6, 6.07) is 7.29. The maximum atomic E-state index is 13.5. The molecular formula is C24H25F3N4O3. The second-order valence-electron chi connectivity index (χ2n) is 8.58. The van der Waals surface area contributed by atoms with Crippen molar-refractivity contribution < 1.29 is 27.8 Å². The third kappa shape index (κ3) is 4.69. The summed E-state index contributed by atoms with van der Waals surface area (Å²) >= 11 is 0. The monoisotopic (exact) mass is 474 g/mol. The van der Waals surface area contributed by atoms with Gasteiger partial charge >= 0.3 is 6.18 Å². The number of aromatic nitrogens is 2. The molecule has 3 heterocycles. The minimum absolute atomic E-state index is 0.00239. The summed E-state index contributed by atoms with van der Waals surface area (Å²) in [7, 11) is 0. The minimum atomic E-state index is -4.49. The molecule has 0 saturated heterocycles. The van der Waals surface area contributed by atoms with Crippen molar-refractivity contribution in [2.75, 3.05) is 18.9 Å². The molecule has 3 N–H and O–H groups in total. The minimum Gasteiger partial charge on any atom is -0.396 e. The number of rotatable bonds is 6. The molecule has 0 aliphatic carbocycles. The lowest BCUT2D eigenvalue weighted by molar-refractivity contribution is -0.137. The largest absolute Gasteiger partial charge is 0.417 e. The Balaban J connectivity index is 1.67. The summed E-state index contributed by atoms with van der Waals surface area (Å²) < 4.78 is 44.3. The van der Waals surface area contributed by atoms with Gasteiger partial charge in [-0.25, -0.2) is 4.98 Å². The van der Waals surface area contributed by atoms with Crippen LogP contribution in [0.5, 0.6) is 0 Å². The number of hydrogen-bond donors (Lipinski definition) is 2. The van der Waals surface area contributed by atoms with Crippen LogP contribution in [0.3, 0.4) is 0 Å². The smallest absolute Gasteiger partial charge is 0.396 e. The van der Waals surface area contributed by atoms with Gasteiger partial charge in [-0.15, -0.1) is 0 Å². The molecule has 34 heavy (non-hydrogen) atoms. The molecule has 0 fully saturated rings. The van der Waals surface area contributed by atoms with E-state index in [1.54, 1.807) is 25.1 Å². The summed E-state index contributed by atoms with van der Waals surface area (Å²) in [6.07, 6.45) is -3.93. The number of anilines is 1. The van der Waals surface area contributed by atoms with Crippen molar-refractivity contribution in [1.29, 1.82) is 0 Å². The fourth-order valence-corrected chi connectivity index (χ4v) is 4.12. The van der Waals surface area contributed by atoms with E-state index >= 15 is 0 Å². The van der Waals surface area contributed by atoms with Crippen LogP contribution in [0, 0.1) is 5.92 Å². The maximum absolute atomic E-state index is 13.5. The van der Waals surface area contributed by atoms with E-state index in [1.165, 1.54) is 11.0 Å². The Hall–Kier alpha value is -3.24. The number of benzene rings is 1. The molecule has 180 valence electrons. The zero-order valence-corrected chi connectivity index (χ0v) is 18.8. The van der Waals surface area contributed by atoms with Gasteiger partial charge in [0.25, 0.3) is 5.91 Å². The van der Waals surface area contributed by atoms with Gasteiger partial charge in [0.05, 0.1) is 36.0 Å². The highest BCUT2D eigenvalue weighted by Gasteiger charge is 2.31. The van der Waals surface area contributed by atoms with Crippen molar-refractivity contribution in [2.45, 2.75) is 39.3 Å². The van der Waals surface area contributed by atoms with Crippen LogP contribution in [0.15, 0.2) is 36.5 Å². The average molecular weight is 474 g/mol. The van der Waals surface area contributed by atoms with Crippen LogP contribution in [-0.2, 0) is 24.1 Å². The SMILES string of the molecule is CC(CO)CN(Cc1ccc(C(F)(F)F)cn1)C(=O)c1ccc2nc(N)c3c(c2c1)COC3C. The molecule has 4 rings (SSSR count). The summed E-state index contributed by atoms with van der Waals surface area (Å²) in [6.45, 7) is 4.08. The predicted octanol–water partition coefficient (Wildman–Crippen LogP) is 4.09. The van der Waals surface area contributed by atoms with Gasteiger partial charge < -0.3 is 20.5 Å². The standard InChI is InChI=1S/C24H25F3N4O3/c1-13(11-32)9-31(10-17-5-4-16(8-29-17)24(25,26)27)23(33)15-3-6-20-18(7-15)19-12-34-14(2)21(19)22(28)30-20/h3-8,13-14,32H,9-12H2,1-2H3,(H2,28,30). The van der Waals surface area contributed by atoms with Crippen LogP contribution in [-0.4, -0.2) is 39.0 Å². The molecule has 0 radical (unpaired) electrons. The van der Waals surface area contributed by atoms with Gasteiger partial charge in [-0.05, 0) is 48.7 Å². The second kappa shape index (κ2) is 9.19. The van der Waals surface area contributed by atoms with Crippen LogP contribution in [0.4, 0.5) is 19.0 Å². The quantitative estimate of drug-likeness (QED) is 0.558. The Labute approximate surface area is 194 Å². The molecule has 1 aliphatic rings. The zero-order chi connectivity index (χ0) is 24.6. The lowest BCUT2D eigenvalue weighted by atomic mass is 10.00. The van der Waals surface area contributed by atoms with Crippen LogP contribution in [0.25, 0.3) is 10.9 Å². The highest BCUT2D eigenvalue weighted by Crippen LogP contribution is 2.38. The molecule has 1 aliphatic heterocycles. The number of nitrogens with two attached hydrogens (primary N) is 1. The molecule has 2 unspecified atom stereocenters. The number of alkyl halides is 3. The van der Waals surface area contributed by atoms with Gasteiger partial charge in [-0.3, -0.25) is 9.78 Å². The van der Waals surface area contributed by atoms with E-state index in [4.69, 9.17) is 10.5 Å². The molecule has 10 heteroatoms. The first-order valence-corrected chi connectivity index (χ1v) is 10.8. The number of fused-ring (bicyclic) bond motifs is 3. The topological polar surface area (TPSA) is 102 Å². The molecule has 1 aromatic carbocycles. The van der Waals surface area contributed by atoms with Crippen LogP contribution in [0.2, 0.25) is 0 Å². The molecule has 2 aromatic heterocycles. The number of amides is 1. The molecule has 3 aromatic rings. The van der Waals surface area contributed by atoms with E-state index in [9.17, 15) is 23.1 Å². The molecule has 2 atom stereocenters. The van der Waals surface area contributed by atoms with E-state index in [0.717, 1.165) is 28.8 Å². The highest BCUT2D eigenvalue weighted by molar-refractivity contribution is 5.99. The molecule has 1 amide bonds. The van der Waals surface area contributed by atoms with E-state index in [2.05, 4.69) is 9.97 Å². The number of pyridine rings is 2. The highest BCUT2D eigenvalue weighted by atomic mass is 19.4. The van der Waals surface area contributed by atoms with Crippen molar-refractivity contribution in [3.05, 3.63) is 64.5 Å². The van der Waals surface area contributed by atoms with Gasteiger partial charge in [0.1, 0.15) is 5.82 Å². The van der Waals surface area contributed by atoms with Crippen molar-refractivity contribution in [1.82, 2.24) is 14.9 Å². The summed E-state index contributed by atoms with van der Waals surface area (Å²) in [5.41, 5.74) is 8.29. The Bertz CT molecular complexity index is 1210. The van der Waals surface area contributed by atoms with Gasteiger partial charge in [-0.1, -0.05) is 6.92 Å². The summed E-state index contributed by atoms with van der Waals surface area (Å²) in [5.74, 6) is -0.168. The Morgan fingerprint density at radius 1 is 1.32 bits per heavy atom. The number of ether oxygens (including phenoxy) is 1. The molecule has 7 nitrogen and oxygen atoms in total. The van der Waals surface area contributed by atoms with Gasteiger partial charge in [0.2, 0.25) is 0 Å². The van der Waals surface area contributed by atoms with E-state index in [-0.39, 0.29) is 37.6 Å². The lowest BCUT2D eigenvalue weighted by Crippen LogP contribution is -2.35. The number of halogens is 3. The number of aliphatic hydroxyl groups excluding tert-OH is 1. The van der Waals surface area contributed by atoms with E-state index < -0.39 is 11.7 Å². The van der Waals surface area contributed by atoms with Crippen molar-refractivity contribution in [3.63, 3.8) is 0 Å². The third-order valence-electron chi connectivity index (χ3n) is 5.93. The van der Waals surface area contributed by atoms with Crippen molar-refractivity contribution in [2.24, 2.45) is 5.92 Å². The Morgan fingerprint density at radius 3 is 2.74 bits per heavy atom. The number of carbonyl (C=O) groups is 1. The second-order valence-corrected chi connectivity index (χ2v) is 8.58. The number of carbonyl (C=O) groups excluding carboxylic acids is 1. The van der Waals surface area contributed by atoms with Crippen molar-refractivity contribution in [3.8, 4) is 0 Å². The van der Waals surface area contributed by atoms with Gasteiger partial charge in [0, 0.05) is 35.9 Å². The summed E-state index contributed by atoms with van der Waals surface area (Å²) in [5, 5.41) is 10.3. The Kier molecular flexibility index (Phi) is 6.46. The van der Waals surface area contributed by atoms with E-state index in [0.29, 0.717) is 29.2 Å². The molecular weight excluding hydrogens is 449 g/mol. The third-order valence-corrected chi connectivity index (χ3v) is 5.93. The molecule has 0 saturated carbocycles. The fourth-order valence-electron chi connectivity index (χ4n) is 4.12. The van der Waals surface area contributed by atoms with Gasteiger partial charge in [0.15, 0.2) is 0 Å². The van der Waals surface area contributed by atoms with Crippen molar-refractivity contribution >= 4 is 22.6 Å². The Morgan fingerprint density at radius 2 is 2.09 bits per heavy atom. The summed E-state index contributed by atoms with van der Waals surface area (Å²) in [4.78, 5) is 23.3. The van der Waals surface area contributed by atoms with E-state index in [1.807, 2.05) is 6.92 Å². The number of hydrogen-bond acceptors (Lipinski definition) is 6. The molecule has 0 bridgehead atoms. The normalized spacial score (nSPS) is 16.5. The number of nitrogen functional groups attached to an aromatic ring is 1. The first-order valence-electron chi connectivity index (χ1n) is 10.8. The predicted molar refractivity (Wildman–Crippen MR) is 120 cm³/mol. The fraction of sp³-hybridized carbons (Fsp3) is 0.375. The molecule has 0 spiro atoms. The number of nitrogens with zero attached hydrogens (tertiary/aromatic N) is 3. The maximum Gasteiger partial charge on any atom is 0.417 e. The van der Waals surface area contributed by atoms with Gasteiger partial charge in [-0.2, -0.15) is 13.2 Å². The van der Waals surface area contributed by atoms with Crippen LogP contribution in [0.1, 0.15) is 52.7 Å². The first kappa shape index (κ1) is 23.9.